The zero-order valence-corrected chi connectivity index (χ0v) is 13.3. The standard InChI is InChI=1S/C16H21N3S/c1-5-17-15-9-13(4)18-16(19-15)10-20-14-7-6-11(2)12(3)8-14/h6-9H,5,10H2,1-4H3,(H,17,18,19). The molecule has 0 aliphatic rings. The molecular formula is C16H21N3S. The van der Waals surface area contributed by atoms with Crippen molar-refractivity contribution in [3.05, 3.63) is 46.9 Å². The second-order valence-electron chi connectivity index (χ2n) is 4.88. The maximum Gasteiger partial charge on any atom is 0.141 e. The van der Waals surface area contributed by atoms with E-state index in [1.807, 2.05) is 13.0 Å². The highest BCUT2D eigenvalue weighted by molar-refractivity contribution is 7.98. The van der Waals surface area contributed by atoms with Crippen LogP contribution in [-0.2, 0) is 5.75 Å². The molecule has 0 aliphatic carbocycles. The molecule has 0 amide bonds. The fraction of sp³-hybridized carbons (Fsp3) is 0.375. The van der Waals surface area contributed by atoms with E-state index >= 15 is 0 Å². The zero-order chi connectivity index (χ0) is 14.5. The largest absolute Gasteiger partial charge is 0.370 e. The minimum absolute atomic E-state index is 0.794. The smallest absolute Gasteiger partial charge is 0.141 e. The Hall–Kier alpha value is -1.55. The fourth-order valence-corrected chi connectivity index (χ4v) is 2.77. The second-order valence-corrected chi connectivity index (χ2v) is 5.92. The van der Waals surface area contributed by atoms with Gasteiger partial charge >= 0.3 is 0 Å². The molecule has 0 bridgehead atoms. The van der Waals surface area contributed by atoms with Gasteiger partial charge in [-0.3, -0.25) is 0 Å². The predicted octanol–water partition coefficient (Wildman–Crippen LogP) is 4.13. The molecule has 1 N–H and O–H groups in total. The number of hydrogen-bond acceptors (Lipinski definition) is 4. The van der Waals surface area contributed by atoms with Gasteiger partial charge in [-0.15, -0.1) is 11.8 Å². The summed E-state index contributed by atoms with van der Waals surface area (Å²) < 4.78 is 0. The molecule has 106 valence electrons. The number of benzene rings is 1. The van der Waals surface area contributed by atoms with Crippen LogP contribution in [0.3, 0.4) is 0 Å². The molecule has 0 saturated carbocycles. The molecule has 1 heterocycles. The SMILES string of the molecule is CCNc1cc(C)nc(CSc2ccc(C)c(C)c2)n1. The third kappa shape index (κ3) is 3.97. The quantitative estimate of drug-likeness (QED) is 0.839. The van der Waals surface area contributed by atoms with E-state index in [2.05, 4.69) is 54.3 Å². The Kier molecular flexibility index (Phi) is 5.01. The van der Waals surface area contributed by atoms with Gasteiger partial charge < -0.3 is 5.32 Å². The summed E-state index contributed by atoms with van der Waals surface area (Å²) in [4.78, 5) is 10.3. The minimum atomic E-state index is 0.794. The molecule has 3 nitrogen and oxygen atoms in total. The number of anilines is 1. The molecule has 0 fully saturated rings. The van der Waals surface area contributed by atoms with Crippen molar-refractivity contribution in [1.29, 1.82) is 0 Å². The van der Waals surface area contributed by atoms with Gasteiger partial charge in [0, 0.05) is 23.2 Å². The molecule has 0 radical (unpaired) electrons. The molecule has 2 rings (SSSR count). The average molecular weight is 287 g/mol. The average Bonchev–Trinajstić information content (AvgIpc) is 2.40. The Labute approximate surface area is 125 Å². The Bertz CT molecular complexity index is 596. The minimum Gasteiger partial charge on any atom is -0.370 e. The van der Waals surface area contributed by atoms with Crippen LogP contribution in [0.25, 0.3) is 0 Å². The first-order valence-electron chi connectivity index (χ1n) is 6.87. The topological polar surface area (TPSA) is 37.8 Å². The predicted molar refractivity (Wildman–Crippen MR) is 86.4 cm³/mol. The van der Waals surface area contributed by atoms with E-state index < -0.39 is 0 Å². The van der Waals surface area contributed by atoms with Crippen molar-refractivity contribution in [3.8, 4) is 0 Å². The number of aromatic nitrogens is 2. The first kappa shape index (κ1) is 14.9. The summed E-state index contributed by atoms with van der Waals surface area (Å²) in [5.74, 6) is 2.59. The van der Waals surface area contributed by atoms with Gasteiger partial charge in [-0.1, -0.05) is 6.07 Å². The van der Waals surface area contributed by atoms with E-state index in [1.54, 1.807) is 11.8 Å². The lowest BCUT2D eigenvalue weighted by atomic mass is 10.1. The normalized spacial score (nSPS) is 10.6. The first-order chi connectivity index (χ1) is 9.58. The molecule has 0 atom stereocenters. The summed E-state index contributed by atoms with van der Waals surface area (Å²) in [5, 5.41) is 3.24. The van der Waals surface area contributed by atoms with E-state index in [0.717, 1.165) is 29.6 Å². The Balaban J connectivity index is 2.08. The van der Waals surface area contributed by atoms with Gasteiger partial charge in [0.2, 0.25) is 0 Å². The summed E-state index contributed by atoms with van der Waals surface area (Å²) in [7, 11) is 0. The fourth-order valence-electron chi connectivity index (χ4n) is 1.92. The van der Waals surface area contributed by atoms with E-state index in [1.165, 1.54) is 16.0 Å². The highest BCUT2D eigenvalue weighted by Crippen LogP contribution is 2.24. The number of aryl methyl sites for hydroxylation is 3. The van der Waals surface area contributed by atoms with E-state index in [0.29, 0.717) is 0 Å². The van der Waals surface area contributed by atoms with Gasteiger partial charge in [0.15, 0.2) is 0 Å². The van der Waals surface area contributed by atoms with Gasteiger partial charge in [-0.25, -0.2) is 9.97 Å². The third-order valence-corrected chi connectivity index (χ3v) is 4.09. The monoisotopic (exact) mass is 287 g/mol. The van der Waals surface area contributed by atoms with E-state index in [4.69, 9.17) is 0 Å². The molecule has 4 heteroatoms. The molecule has 0 aliphatic heterocycles. The molecule has 0 unspecified atom stereocenters. The summed E-state index contributed by atoms with van der Waals surface area (Å²) in [5.41, 5.74) is 3.66. The molecule has 0 saturated heterocycles. The third-order valence-electron chi connectivity index (χ3n) is 3.10. The maximum absolute atomic E-state index is 4.54. The zero-order valence-electron chi connectivity index (χ0n) is 12.5. The van der Waals surface area contributed by atoms with Crippen molar-refractivity contribution in [3.63, 3.8) is 0 Å². The van der Waals surface area contributed by atoms with Crippen LogP contribution in [0.2, 0.25) is 0 Å². The number of nitrogens with one attached hydrogen (secondary N) is 1. The van der Waals surface area contributed by atoms with Crippen LogP contribution >= 0.6 is 11.8 Å². The van der Waals surface area contributed by atoms with Crippen LogP contribution in [-0.4, -0.2) is 16.5 Å². The van der Waals surface area contributed by atoms with Gasteiger partial charge in [-0.2, -0.15) is 0 Å². The van der Waals surface area contributed by atoms with Gasteiger partial charge in [0.25, 0.3) is 0 Å². The van der Waals surface area contributed by atoms with Crippen molar-refractivity contribution in [2.24, 2.45) is 0 Å². The van der Waals surface area contributed by atoms with Crippen LogP contribution in [0.1, 0.15) is 29.6 Å². The lowest BCUT2D eigenvalue weighted by molar-refractivity contribution is 0.986. The van der Waals surface area contributed by atoms with Crippen LogP contribution in [0.5, 0.6) is 0 Å². The number of nitrogens with zero attached hydrogens (tertiary/aromatic N) is 2. The summed E-state index contributed by atoms with van der Waals surface area (Å²) in [6.45, 7) is 9.23. The molecular weight excluding hydrogens is 266 g/mol. The van der Waals surface area contributed by atoms with Crippen LogP contribution in [0, 0.1) is 20.8 Å². The van der Waals surface area contributed by atoms with Crippen molar-refractivity contribution >= 4 is 17.6 Å². The maximum atomic E-state index is 4.54. The highest BCUT2D eigenvalue weighted by Gasteiger charge is 2.04. The number of rotatable bonds is 5. The highest BCUT2D eigenvalue weighted by atomic mass is 32.2. The van der Waals surface area contributed by atoms with Crippen LogP contribution in [0.4, 0.5) is 5.82 Å². The Morgan fingerprint density at radius 3 is 2.55 bits per heavy atom. The van der Waals surface area contributed by atoms with Crippen LogP contribution < -0.4 is 5.32 Å². The van der Waals surface area contributed by atoms with Crippen molar-refractivity contribution in [1.82, 2.24) is 9.97 Å². The molecule has 0 spiro atoms. The summed E-state index contributed by atoms with van der Waals surface area (Å²) in [6.07, 6.45) is 0. The molecule has 1 aromatic carbocycles. The van der Waals surface area contributed by atoms with E-state index in [9.17, 15) is 0 Å². The van der Waals surface area contributed by atoms with Crippen LogP contribution in [0.15, 0.2) is 29.2 Å². The second kappa shape index (κ2) is 6.75. The number of hydrogen-bond donors (Lipinski definition) is 1. The lowest BCUT2D eigenvalue weighted by Gasteiger charge is -2.08. The molecule has 2 aromatic rings. The van der Waals surface area contributed by atoms with Crippen molar-refractivity contribution in [2.75, 3.05) is 11.9 Å². The van der Waals surface area contributed by atoms with E-state index in [-0.39, 0.29) is 0 Å². The Morgan fingerprint density at radius 1 is 1.05 bits per heavy atom. The van der Waals surface area contributed by atoms with Gasteiger partial charge in [0.05, 0.1) is 5.75 Å². The summed E-state index contributed by atoms with van der Waals surface area (Å²) in [6, 6.07) is 8.53. The molecule has 20 heavy (non-hydrogen) atoms. The van der Waals surface area contributed by atoms with Gasteiger partial charge in [0.1, 0.15) is 11.6 Å². The van der Waals surface area contributed by atoms with Gasteiger partial charge in [-0.05, 0) is 51.0 Å². The number of thioether (sulfide) groups is 1. The van der Waals surface area contributed by atoms with Crippen molar-refractivity contribution in [2.45, 2.75) is 38.3 Å². The van der Waals surface area contributed by atoms with Crippen molar-refractivity contribution < 1.29 is 0 Å². The lowest BCUT2D eigenvalue weighted by Crippen LogP contribution is -2.04. The summed E-state index contributed by atoms with van der Waals surface area (Å²) >= 11 is 1.78. The molecule has 1 aromatic heterocycles. The Morgan fingerprint density at radius 2 is 1.85 bits per heavy atom. The first-order valence-corrected chi connectivity index (χ1v) is 7.85.